The van der Waals surface area contributed by atoms with Gasteiger partial charge in [0.2, 0.25) is 11.7 Å². The van der Waals surface area contributed by atoms with Crippen molar-refractivity contribution in [2.75, 3.05) is 7.11 Å². The summed E-state index contributed by atoms with van der Waals surface area (Å²) in [5.74, 6) is 1.09. The third-order valence-corrected chi connectivity index (χ3v) is 3.32. The molecule has 0 aliphatic carbocycles. The van der Waals surface area contributed by atoms with E-state index >= 15 is 0 Å². The van der Waals surface area contributed by atoms with E-state index in [2.05, 4.69) is 25.3 Å². The molecule has 3 heterocycles. The van der Waals surface area contributed by atoms with E-state index in [1.807, 2.05) is 5.38 Å². The standard InChI is InChI=1S/C11H10N6O2S/c1-18-8-3-2-6(15-16-8)10-14-11(19-17-10)7-5-20-9(4-12)13-7/h2-3,5H,4,12H2,1H3. The summed E-state index contributed by atoms with van der Waals surface area (Å²) >= 11 is 1.45. The van der Waals surface area contributed by atoms with Crippen molar-refractivity contribution in [3.63, 3.8) is 0 Å². The van der Waals surface area contributed by atoms with Gasteiger partial charge in [0.15, 0.2) is 0 Å². The van der Waals surface area contributed by atoms with Crippen LogP contribution in [0.5, 0.6) is 5.88 Å². The van der Waals surface area contributed by atoms with Gasteiger partial charge in [0.25, 0.3) is 5.89 Å². The Morgan fingerprint density at radius 1 is 1.25 bits per heavy atom. The minimum Gasteiger partial charge on any atom is -0.480 e. The topological polar surface area (TPSA) is 113 Å². The Morgan fingerprint density at radius 2 is 2.15 bits per heavy atom. The molecule has 0 saturated heterocycles. The lowest BCUT2D eigenvalue weighted by Crippen LogP contribution is -1.94. The summed E-state index contributed by atoms with van der Waals surface area (Å²) < 4.78 is 10.1. The maximum absolute atomic E-state index is 5.52. The van der Waals surface area contributed by atoms with Crippen LogP contribution < -0.4 is 10.5 Å². The number of aromatic nitrogens is 5. The third-order valence-electron chi connectivity index (χ3n) is 2.45. The van der Waals surface area contributed by atoms with Crippen molar-refractivity contribution in [1.29, 1.82) is 0 Å². The van der Waals surface area contributed by atoms with Gasteiger partial charge < -0.3 is 15.0 Å². The molecule has 0 aromatic carbocycles. The molecule has 9 heteroatoms. The van der Waals surface area contributed by atoms with Gasteiger partial charge in [-0.2, -0.15) is 4.98 Å². The van der Waals surface area contributed by atoms with Crippen LogP contribution >= 0.6 is 11.3 Å². The van der Waals surface area contributed by atoms with E-state index in [1.54, 1.807) is 12.1 Å². The first-order valence-electron chi connectivity index (χ1n) is 5.67. The van der Waals surface area contributed by atoms with Gasteiger partial charge in [-0.3, -0.25) is 0 Å². The highest BCUT2D eigenvalue weighted by atomic mass is 32.1. The number of nitrogens with zero attached hydrogens (tertiary/aromatic N) is 5. The molecular weight excluding hydrogens is 280 g/mol. The van der Waals surface area contributed by atoms with Crippen LogP contribution in [-0.4, -0.2) is 32.4 Å². The lowest BCUT2D eigenvalue weighted by molar-refractivity contribution is 0.392. The molecule has 0 aliphatic heterocycles. The quantitative estimate of drug-likeness (QED) is 0.760. The molecule has 0 radical (unpaired) electrons. The zero-order valence-corrected chi connectivity index (χ0v) is 11.3. The first kappa shape index (κ1) is 12.6. The maximum atomic E-state index is 5.52. The molecule has 20 heavy (non-hydrogen) atoms. The minimum atomic E-state index is 0.327. The fourth-order valence-corrected chi connectivity index (χ4v) is 2.13. The average Bonchev–Trinajstić information content (AvgIpc) is 3.16. The van der Waals surface area contributed by atoms with E-state index in [1.165, 1.54) is 18.4 Å². The number of thiazole rings is 1. The number of nitrogens with two attached hydrogens (primary N) is 1. The lowest BCUT2D eigenvalue weighted by atomic mass is 10.4. The summed E-state index contributed by atoms with van der Waals surface area (Å²) in [5.41, 5.74) is 6.62. The predicted molar refractivity (Wildman–Crippen MR) is 70.9 cm³/mol. The average molecular weight is 290 g/mol. The van der Waals surface area contributed by atoms with Gasteiger partial charge in [-0.1, -0.05) is 5.16 Å². The minimum absolute atomic E-state index is 0.327. The highest BCUT2D eigenvalue weighted by Crippen LogP contribution is 2.22. The van der Waals surface area contributed by atoms with E-state index in [0.29, 0.717) is 35.5 Å². The highest BCUT2D eigenvalue weighted by Gasteiger charge is 2.14. The molecule has 0 unspecified atom stereocenters. The van der Waals surface area contributed by atoms with Crippen molar-refractivity contribution in [2.45, 2.75) is 6.54 Å². The van der Waals surface area contributed by atoms with Crippen LogP contribution in [0, 0.1) is 0 Å². The molecule has 3 aromatic heterocycles. The van der Waals surface area contributed by atoms with E-state index in [-0.39, 0.29) is 0 Å². The smallest absolute Gasteiger partial charge is 0.277 e. The molecule has 2 N–H and O–H groups in total. The van der Waals surface area contributed by atoms with Crippen molar-refractivity contribution < 1.29 is 9.26 Å². The molecule has 8 nitrogen and oxygen atoms in total. The number of ether oxygens (including phenoxy) is 1. The highest BCUT2D eigenvalue weighted by molar-refractivity contribution is 7.09. The predicted octanol–water partition coefficient (Wildman–Crippen LogP) is 1.12. The summed E-state index contributed by atoms with van der Waals surface area (Å²) in [6, 6.07) is 3.38. The third kappa shape index (κ3) is 2.36. The van der Waals surface area contributed by atoms with Crippen LogP contribution in [0.1, 0.15) is 5.01 Å². The van der Waals surface area contributed by atoms with Gasteiger partial charge in [0.05, 0.1) is 7.11 Å². The molecule has 0 amide bonds. The van der Waals surface area contributed by atoms with Crippen LogP contribution in [0.3, 0.4) is 0 Å². The second-order valence-electron chi connectivity index (χ2n) is 3.71. The van der Waals surface area contributed by atoms with Gasteiger partial charge in [-0.05, 0) is 6.07 Å². The van der Waals surface area contributed by atoms with Crippen LogP contribution in [0.25, 0.3) is 23.1 Å². The Morgan fingerprint density at radius 3 is 2.80 bits per heavy atom. The molecule has 3 rings (SSSR count). The van der Waals surface area contributed by atoms with Crippen molar-refractivity contribution in [3.8, 4) is 29.0 Å². The largest absolute Gasteiger partial charge is 0.480 e. The van der Waals surface area contributed by atoms with Gasteiger partial charge in [0.1, 0.15) is 16.4 Å². The van der Waals surface area contributed by atoms with Crippen molar-refractivity contribution in [2.24, 2.45) is 5.73 Å². The SMILES string of the molecule is COc1ccc(-c2noc(-c3csc(CN)n3)n2)nn1. The Labute approximate surface area is 117 Å². The Balaban J connectivity index is 1.88. The van der Waals surface area contributed by atoms with Crippen LogP contribution in [-0.2, 0) is 6.54 Å². The summed E-state index contributed by atoms with van der Waals surface area (Å²) in [5, 5.41) is 14.3. The van der Waals surface area contributed by atoms with E-state index < -0.39 is 0 Å². The summed E-state index contributed by atoms with van der Waals surface area (Å²) in [6.45, 7) is 0.385. The number of methoxy groups -OCH3 is 1. The van der Waals surface area contributed by atoms with Crippen molar-refractivity contribution in [1.82, 2.24) is 25.3 Å². The summed E-state index contributed by atoms with van der Waals surface area (Å²) in [4.78, 5) is 8.51. The molecule has 0 atom stereocenters. The molecule has 3 aromatic rings. The van der Waals surface area contributed by atoms with Gasteiger partial charge in [-0.25, -0.2) is 4.98 Å². The zero-order valence-electron chi connectivity index (χ0n) is 10.5. The van der Waals surface area contributed by atoms with Crippen LogP contribution in [0.2, 0.25) is 0 Å². The fourth-order valence-electron chi connectivity index (χ4n) is 1.48. The second kappa shape index (κ2) is 5.31. The number of rotatable bonds is 4. The molecule has 102 valence electrons. The maximum Gasteiger partial charge on any atom is 0.277 e. The second-order valence-corrected chi connectivity index (χ2v) is 4.66. The molecular formula is C11H10N6O2S. The normalized spacial score (nSPS) is 10.7. The molecule has 0 saturated carbocycles. The number of hydrogen-bond donors (Lipinski definition) is 1. The molecule has 0 fully saturated rings. The van der Waals surface area contributed by atoms with E-state index in [9.17, 15) is 0 Å². The summed E-state index contributed by atoms with van der Waals surface area (Å²) in [6.07, 6.45) is 0. The van der Waals surface area contributed by atoms with Gasteiger partial charge in [0, 0.05) is 18.0 Å². The van der Waals surface area contributed by atoms with Crippen LogP contribution in [0.4, 0.5) is 0 Å². The van der Waals surface area contributed by atoms with Gasteiger partial charge >= 0.3 is 0 Å². The Hall–Kier alpha value is -2.39. The fraction of sp³-hybridized carbons (Fsp3) is 0.182. The Bertz CT molecular complexity index is 708. The monoisotopic (exact) mass is 290 g/mol. The van der Waals surface area contributed by atoms with Gasteiger partial charge in [-0.15, -0.1) is 21.5 Å². The zero-order chi connectivity index (χ0) is 13.9. The number of hydrogen-bond acceptors (Lipinski definition) is 9. The van der Waals surface area contributed by atoms with E-state index in [0.717, 1.165) is 5.01 Å². The molecule has 0 bridgehead atoms. The Kier molecular flexibility index (Phi) is 3.35. The molecule has 0 aliphatic rings. The van der Waals surface area contributed by atoms with Crippen molar-refractivity contribution in [3.05, 3.63) is 22.5 Å². The summed E-state index contributed by atoms with van der Waals surface area (Å²) in [7, 11) is 1.52. The van der Waals surface area contributed by atoms with Crippen LogP contribution in [0.15, 0.2) is 22.0 Å². The first-order chi connectivity index (χ1) is 9.80. The van der Waals surface area contributed by atoms with Crippen molar-refractivity contribution >= 4 is 11.3 Å². The molecule has 0 spiro atoms. The lowest BCUT2D eigenvalue weighted by Gasteiger charge is -1.96. The first-order valence-corrected chi connectivity index (χ1v) is 6.54. The van der Waals surface area contributed by atoms with E-state index in [4.69, 9.17) is 15.0 Å².